The molecule has 7 nitrogen and oxygen atoms in total. The number of amides is 1. The Labute approximate surface area is 170 Å². The average molecular weight is 397 g/mol. The van der Waals surface area contributed by atoms with Gasteiger partial charge in [0.1, 0.15) is 5.75 Å². The van der Waals surface area contributed by atoms with Crippen LogP contribution in [0.2, 0.25) is 0 Å². The Balaban J connectivity index is 1.55. The Morgan fingerprint density at radius 2 is 1.93 bits per heavy atom. The van der Waals surface area contributed by atoms with Crippen molar-refractivity contribution < 1.29 is 14.5 Å². The molecule has 0 spiro atoms. The van der Waals surface area contributed by atoms with E-state index in [1.165, 1.54) is 30.9 Å². The molecule has 154 valence electrons. The number of benzene rings is 2. The van der Waals surface area contributed by atoms with Crippen LogP contribution in [0.4, 0.5) is 11.4 Å². The fourth-order valence-corrected chi connectivity index (χ4v) is 3.79. The SMILES string of the molecule is COc1cc([N+](=O)[O-])ccc1NC(=O)[C@H](C)N1CCC(Cc2ccccc2)CC1. The van der Waals surface area contributed by atoms with Crippen molar-refractivity contribution in [2.45, 2.75) is 32.2 Å². The number of piperidine rings is 1. The third-order valence-corrected chi connectivity index (χ3v) is 5.60. The Kier molecular flexibility index (Phi) is 6.82. The molecule has 1 aliphatic rings. The van der Waals surface area contributed by atoms with E-state index >= 15 is 0 Å². The Bertz CT molecular complexity index is 848. The largest absolute Gasteiger partial charge is 0.494 e. The van der Waals surface area contributed by atoms with Crippen molar-refractivity contribution in [3.05, 3.63) is 64.2 Å². The molecular formula is C22H27N3O4. The Hall–Kier alpha value is -2.93. The number of carbonyl (C=O) groups is 1. The van der Waals surface area contributed by atoms with Gasteiger partial charge in [0.05, 0.1) is 29.8 Å². The molecule has 1 amide bonds. The number of hydrogen-bond acceptors (Lipinski definition) is 5. The molecule has 1 aliphatic heterocycles. The molecule has 2 aromatic carbocycles. The van der Waals surface area contributed by atoms with Gasteiger partial charge in [-0.3, -0.25) is 19.8 Å². The van der Waals surface area contributed by atoms with Crippen molar-refractivity contribution in [2.24, 2.45) is 5.92 Å². The van der Waals surface area contributed by atoms with Gasteiger partial charge in [-0.1, -0.05) is 30.3 Å². The molecule has 0 radical (unpaired) electrons. The highest BCUT2D eigenvalue weighted by atomic mass is 16.6. The molecule has 1 heterocycles. The molecule has 0 bridgehead atoms. The van der Waals surface area contributed by atoms with E-state index in [1.807, 2.05) is 13.0 Å². The van der Waals surface area contributed by atoms with Crippen molar-refractivity contribution in [3.63, 3.8) is 0 Å². The van der Waals surface area contributed by atoms with E-state index in [1.54, 1.807) is 0 Å². The number of anilines is 1. The number of nitrogens with one attached hydrogen (secondary N) is 1. The first-order chi connectivity index (χ1) is 14.0. The molecule has 1 N–H and O–H groups in total. The van der Waals surface area contributed by atoms with Crippen molar-refractivity contribution in [1.82, 2.24) is 4.90 Å². The number of hydrogen-bond donors (Lipinski definition) is 1. The van der Waals surface area contributed by atoms with E-state index < -0.39 is 4.92 Å². The smallest absolute Gasteiger partial charge is 0.273 e. The summed E-state index contributed by atoms with van der Waals surface area (Å²) in [5.41, 5.74) is 1.73. The average Bonchev–Trinajstić information content (AvgIpc) is 2.74. The number of carbonyl (C=O) groups excluding carboxylic acids is 1. The van der Waals surface area contributed by atoms with Gasteiger partial charge in [0.15, 0.2) is 0 Å². The lowest BCUT2D eigenvalue weighted by atomic mass is 9.89. The predicted molar refractivity (Wildman–Crippen MR) is 112 cm³/mol. The highest BCUT2D eigenvalue weighted by Gasteiger charge is 2.27. The zero-order chi connectivity index (χ0) is 20.8. The highest BCUT2D eigenvalue weighted by molar-refractivity contribution is 5.96. The van der Waals surface area contributed by atoms with Gasteiger partial charge in [-0.2, -0.15) is 0 Å². The van der Waals surface area contributed by atoms with Crippen LogP contribution in [0.3, 0.4) is 0 Å². The molecule has 7 heteroatoms. The van der Waals surface area contributed by atoms with Crippen molar-refractivity contribution >= 4 is 17.3 Å². The zero-order valence-corrected chi connectivity index (χ0v) is 16.8. The van der Waals surface area contributed by atoms with E-state index in [0.29, 0.717) is 11.6 Å². The summed E-state index contributed by atoms with van der Waals surface area (Å²) in [6.45, 7) is 3.65. The van der Waals surface area contributed by atoms with Gasteiger partial charge in [-0.25, -0.2) is 0 Å². The van der Waals surface area contributed by atoms with Gasteiger partial charge >= 0.3 is 0 Å². The molecule has 1 saturated heterocycles. The third-order valence-electron chi connectivity index (χ3n) is 5.60. The van der Waals surface area contributed by atoms with E-state index in [2.05, 4.69) is 34.5 Å². The Morgan fingerprint density at radius 1 is 1.24 bits per heavy atom. The highest BCUT2D eigenvalue weighted by Crippen LogP contribution is 2.29. The minimum absolute atomic E-state index is 0.0756. The maximum Gasteiger partial charge on any atom is 0.273 e. The molecule has 2 aromatic rings. The number of ether oxygens (including phenoxy) is 1. The van der Waals surface area contributed by atoms with Crippen LogP contribution in [-0.4, -0.2) is 42.0 Å². The minimum Gasteiger partial charge on any atom is -0.494 e. The molecule has 3 rings (SSSR count). The van der Waals surface area contributed by atoms with Crippen LogP contribution >= 0.6 is 0 Å². The lowest BCUT2D eigenvalue weighted by Gasteiger charge is -2.35. The fourth-order valence-electron chi connectivity index (χ4n) is 3.79. The van der Waals surface area contributed by atoms with Crippen molar-refractivity contribution in [1.29, 1.82) is 0 Å². The van der Waals surface area contributed by atoms with Crippen molar-refractivity contribution in [2.75, 3.05) is 25.5 Å². The summed E-state index contributed by atoms with van der Waals surface area (Å²) < 4.78 is 5.20. The van der Waals surface area contributed by atoms with Crippen LogP contribution in [0.1, 0.15) is 25.3 Å². The number of methoxy groups -OCH3 is 1. The van der Waals surface area contributed by atoms with E-state index in [0.717, 1.165) is 32.4 Å². The van der Waals surface area contributed by atoms with Crippen LogP contribution in [0.5, 0.6) is 5.75 Å². The van der Waals surface area contributed by atoms with E-state index in [9.17, 15) is 14.9 Å². The first-order valence-electron chi connectivity index (χ1n) is 9.89. The first kappa shape index (κ1) is 20.8. The maximum absolute atomic E-state index is 12.7. The van der Waals surface area contributed by atoms with E-state index in [4.69, 9.17) is 4.74 Å². The van der Waals surface area contributed by atoms with Gasteiger partial charge in [-0.15, -0.1) is 0 Å². The lowest BCUT2D eigenvalue weighted by Crippen LogP contribution is -2.46. The number of nitro groups is 1. The normalized spacial score (nSPS) is 16.2. The topological polar surface area (TPSA) is 84.7 Å². The minimum atomic E-state index is -0.490. The fraction of sp³-hybridized carbons (Fsp3) is 0.409. The molecular weight excluding hydrogens is 370 g/mol. The summed E-state index contributed by atoms with van der Waals surface area (Å²) in [5.74, 6) is 0.777. The second-order valence-corrected chi connectivity index (χ2v) is 7.48. The van der Waals surface area contributed by atoms with Crippen molar-refractivity contribution in [3.8, 4) is 5.75 Å². The number of nitrogens with zero attached hydrogens (tertiary/aromatic N) is 2. The van der Waals surface area contributed by atoms with E-state index in [-0.39, 0.29) is 23.4 Å². The number of non-ortho nitro benzene ring substituents is 1. The van der Waals surface area contributed by atoms with Crippen LogP contribution in [0, 0.1) is 16.0 Å². The van der Waals surface area contributed by atoms with Gasteiger partial charge < -0.3 is 10.1 Å². The molecule has 0 saturated carbocycles. The quantitative estimate of drug-likeness (QED) is 0.566. The van der Waals surface area contributed by atoms with Gasteiger partial charge in [0, 0.05) is 6.07 Å². The van der Waals surface area contributed by atoms with Crippen LogP contribution < -0.4 is 10.1 Å². The summed E-state index contributed by atoms with van der Waals surface area (Å²) in [5, 5.41) is 13.8. The standard InChI is InChI=1S/C22H27N3O4/c1-16(22(26)23-20-9-8-19(25(27)28)15-21(20)29-2)24-12-10-18(11-13-24)14-17-6-4-3-5-7-17/h3-9,15-16,18H,10-14H2,1-2H3,(H,23,26)/t16-/m0/s1. The molecule has 29 heavy (non-hydrogen) atoms. The molecule has 1 fully saturated rings. The Morgan fingerprint density at radius 3 is 2.55 bits per heavy atom. The molecule has 1 atom stereocenters. The van der Waals surface area contributed by atoms with Crippen LogP contribution in [0.15, 0.2) is 48.5 Å². The predicted octanol–water partition coefficient (Wildman–Crippen LogP) is 3.89. The zero-order valence-electron chi connectivity index (χ0n) is 16.8. The lowest BCUT2D eigenvalue weighted by molar-refractivity contribution is -0.384. The third kappa shape index (κ3) is 5.32. The van der Waals surface area contributed by atoms with Crippen LogP contribution in [0.25, 0.3) is 0 Å². The molecule has 0 aromatic heterocycles. The van der Waals surface area contributed by atoms with Gasteiger partial charge in [-0.05, 0) is 56.8 Å². The summed E-state index contributed by atoms with van der Waals surface area (Å²) in [6.07, 6.45) is 3.20. The van der Waals surface area contributed by atoms with Crippen LogP contribution in [-0.2, 0) is 11.2 Å². The number of nitro benzene ring substituents is 1. The van der Waals surface area contributed by atoms with Gasteiger partial charge in [0.25, 0.3) is 5.69 Å². The summed E-state index contributed by atoms with van der Waals surface area (Å²) in [7, 11) is 1.43. The second kappa shape index (κ2) is 9.52. The second-order valence-electron chi connectivity index (χ2n) is 7.48. The molecule has 0 aliphatic carbocycles. The number of likely N-dealkylation sites (tertiary alicyclic amines) is 1. The summed E-state index contributed by atoms with van der Waals surface area (Å²) >= 11 is 0. The summed E-state index contributed by atoms with van der Waals surface area (Å²) in [6, 6.07) is 14.4. The first-order valence-corrected chi connectivity index (χ1v) is 9.89. The van der Waals surface area contributed by atoms with Gasteiger partial charge in [0.2, 0.25) is 5.91 Å². The number of rotatable bonds is 7. The summed E-state index contributed by atoms with van der Waals surface area (Å²) in [4.78, 5) is 25.3. The maximum atomic E-state index is 12.7. The molecule has 0 unspecified atom stereocenters. The monoisotopic (exact) mass is 397 g/mol.